The van der Waals surface area contributed by atoms with Crippen molar-refractivity contribution in [3.63, 3.8) is 0 Å². The lowest BCUT2D eigenvalue weighted by Gasteiger charge is -2.16. The largest absolute Gasteiger partial charge is 0.509 e. The van der Waals surface area contributed by atoms with Gasteiger partial charge in [0, 0.05) is 0 Å². The summed E-state index contributed by atoms with van der Waals surface area (Å²) in [6, 6.07) is 6.85. The normalized spacial score (nSPS) is 10.5. The van der Waals surface area contributed by atoms with Crippen molar-refractivity contribution in [2.45, 2.75) is 6.92 Å². The Morgan fingerprint density at radius 1 is 0.722 bits per heavy atom. The highest BCUT2D eigenvalue weighted by Gasteiger charge is 2.10. The summed E-state index contributed by atoms with van der Waals surface area (Å²) < 4.78 is 0. The van der Waals surface area contributed by atoms with Gasteiger partial charge < -0.3 is 5.11 Å². The van der Waals surface area contributed by atoms with Crippen LogP contribution in [-0.2, 0) is 0 Å². The topological polar surface area (TPSA) is 20.2 Å². The molecule has 5 heteroatoms. The van der Waals surface area contributed by atoms with Gasteiger partial charge in [-0.3, -0.25) is 0 Å². The average Bonchev–Trinajstić information content (AvgIpc) is 2.35. The summed E-state index contributed by atoms with van der Waals surface area (Å²) in [5, 5.41) is 9.48. The maximum atomic E-state index is 9.48. The molecule has 1 N–H and O–H groups in total. The summed E-state index contributed by atoms with van der Waals surface area (Å²) in [7, 11) is 23.5. The van der Waals surface area contributed by atoms with Crippen LogP contribution in [-0.4, -0.2) is 36.5 Å². The van der Waals surface area contributed by atoms with E-state index in [9.17, 15) is 5.11 Å². The van der Waals surface area contributed by atoms with Gasteiger partial charge in [0.05, 0.1) is 0 Å². The first-order valence-corrected chi connectivity index (χ1v) is 5.45. The van der Waals surface area contributed by atoms with Gasteiger partial charge in [-0.15, -0.1) is 5.46 Å². The lowest BCUT2D eigenvalue weighted by Crippen LogP contribution is -2.33. The van der Waals surface area contributed by atoms with Gasteiger partial charge >= 0.3 is 0 Å². The smallest absolute Gasteiger partial charge is 0.118 e. The molecule has 0 aliphatic rings. The van der Waals surface area contributed by atoms with E-state index in [1.54, 1.807) is 6.07 Å². The van der Waals surface area contributed by atoms with Crippen LogP contribution in [0.2, 0.25) is 0 Å². The average molecular weight is 223 g/mol. The van der Waals surface area contributed by atoms with E-state index in [0.717, 1.165) is 5.56 Å². The zero-order valence-electron chi connectivity index (χ0n) is 10.1. The van der Waals surface area contributed by atoms with Gasteiger partial charge in [0.15, 0.2) is 0 Å². The second-order valence-corrected chi connectivity index (χ2v) is 4.22. The fourth-order valence-corrected chi connectivity index (χ4v) is 1.84. The molecule has 0 fully saturated rings. The summed E-state index contributed by atoms with van der Waals surface area (Å²) in [5.74, 6) is -0.0464. The third-order valence-electron chi connectivity index (χ3n) is 3.06. The Morgan fingerprint density at radius 3 is 1.83 bits per heavy atom. The summed E-state index contributed by atoms with van der Waals surface area (Å²) >= 11 is 0. The molecule has 1 nitrogen and oxygen atoms in total. The van der Waals surface area contributed by atoms with E-state index in [0.29, 0.717) is 27.5 Å². The van der Waals surface area contributed by atoms with E-state index in [1.807, 2.05) is 19.1 Å². The number of phenols is 1. The Hall–Kier alpha value is -1.50. The summed E-state index contributed by atoms with van der Waals surface area (Å²) in [5.41, 5.74) is 3.71. The van der Waals surface area contributed by atoms with Gasteiger partial charge in [0.25, 0.3) is 0 Å². The zero-order valence-corrected chi connectivity index (χ0v) is 10.1. The molecule has 0 aromatic heterocycles. The molecule has 0 aliphatic heterocycles. The van der Waals surface area contributed by atoms with Gasteiger partial charge in [-0.2, -0.15) is 0 Å². The van der Waals surface area contributed by atoms with Gasteiger partial charge in [0.2, 0.25) is 0 Å². The van der Waals surface area contributed by atoms with Gasteiger partial charge in [-0.05, 0) is 24.1 Å². The number of hydrogen-bond acceptors (Lipinski definition) is 1. The number of hydrogen-bond donors (Lipinski definition) is 1. The van der Waals surface area contributed by atoms with Crippen LogP contribution in [0.5, 0.6) is 5.75 Å². The maximum absolute atomic E-state index is 9.48. The second kappa shape index (κ2) is 4.64. The molecular weight excluding hydrogens is 215 g/mol. The molecule has 2 rings (SSSR count). The van der Waals surface area contributed by atoms with Crippen molar-refractivity contribution < 1.29 is 5.11 Å². The molecule has 0 aliphatic carbocycles. The van der Waals surface area contributed by atoms with Crippen LogP contribution >= 0.6 is 0 Å². The fraction of sp³-hybridized carbons (Fsp3) is 0.0769. The first-order valence-electron chi connectivity index (χ1n) is 5.45. The first kappa shape index (κ1) is 12.9. The highest BCUT2D eigenvalue weighted by atomic mass is 16.3. The molecule has 0 saturated heterocycles. The molecule has 0 heterocycles. The lowest BCUT2D eigenvalue weighted by atomic mass is 9.70. The van der Waals surface area contributed by atoms with E-state index >= 15 is 0 Å². The third-order valence-corrected chi connectivity index (χ3v) is 3.06. The molecular formula is C13H8B4O. The number of aromatic hydroxyl groups is 1. The minimum Gasteiger partial charge on any atom is -0.509 e. The van der Waals surface area contributed by atoms with Crippen LogP contribution in [0.25, 0.3) is 11.1 Å². The molecule has 78 valence electrons. The molecule has 0 atom stereocenters. The van der Waals surface area contributed by atoms with Crippen LogP contribution in [0.4, 0.5) is 0 Å². The predicted octanol–water partition coefficient (Wildman–Crippen LogP) is -1.46. The van der Waals surface area contributed by atoms with Crippen LogP contribution in [0, 0.1) is 6.92 Å². The quantitative estimate of drug-likeness (QED) is 0.586. The van der Waals surface area contributed by atoms with Crippen LogP contribution in [0.1, 0.15) is 5.56 Å². The molecule has 0 saturated carbocycles. The maximum Gasteiger partial charge on any atom is 0.118 e. The monoisotopic (exact) mass is 224 g/mol. The summed E-state index contributed by atoms with van der Waals surface area (Å²) in [6.45, 7) is 1.88. The van der Waals surface area contributed by atoms with Crippen LogP contribution in [0.3, 0.4) is 0 Å². The Morgan fingerprint density at radius 2 is 1.22 bits per heavy atom. The number of benzene rings is 2. The Labute approximate surface area is 112 Å². The van der Waals surface area contributed by atoms with E-state index in [2.05, 4.69) is 0 Å². The minimum absolute atomic E-state index is 0.0464. The van der Waals surface area contributed by atoms with Gasteiger partial charge in [-0.1, -0.05) is 40.2 Å². The fourth-order valence-electron chi connectivity index (χ4n) is 1.84. The molecule has 0 amide bonds. The SMILES string of the molecule is [B]c1c(C)ccc(-c2ccc(O)c([B])c2[B])c1[B]. The molecule has 18 heavy (non-hydrogen) atoms. The Kier molecular flexibility index (Phi) is 3.34. The highest BCUT2D eigenvalue weighted by Crippen LogP contribution is 2.16. The van der Waals surface area contributed by atoms with E-state index in [4.69, 9.17) is 31.4 Å². The predicted molar refractivity (Wildman–Crippen MR) is 79.8 cm³/mol. The highest BCUT2D eigenvalue weighted by molar-refractivity contribution is 6.54. The lowest BCUT2D eigenvalue weighted by molar-refractivity contribution is 0.480. The van der Waals surface area contributed by atoms with Gasteiger partial charge in [-0.25, -0.2) is 0 Å². The van der Waals surface area contributed by atoms with Crippen LogP contribution < -0.4 is 21.9 Å². The molecule has 0 bridgehead atoms. The number of phenolic OH excluding ortho intramolecular Hbond substituents is 1. The van der Waals surface area contributed by atoms with Crippen molar-refractivity contribution in [2.75, 3.05) is 0 Å². The van der Waals surface area contributed by atoms with Crippen molar-refractivity contribution in [3.8, 4) is 16.9 Å². The second-order valence-electron chi connectivity index (χ2n) is 4.22. The first-order chi connectivity index (χ1) is 8.43. The van der Waals surface area contributed by atoms with Crippen LogP contribution in [0.15, 0.2) is 24.3 Å². The molecule has 8 radical (unpaired) electrons. The molecule has 0 spiro atoms. The molecule has 2 aromatic carbocycles. The Bertz CT molecular complexity index is 567. The summed E-state index contributed by atoms with van der Waals surface area (Å²) in [6.07, 6.45) is 0. The third kappa shape index (κ3) is 1.98. The minimum atomic E-state index is -0.0464. The van der Waals surface area contributed by atoms with Crippen molar-refractivity contribution in [3.05, 3.63) is 29.8 Å². The van der Waals surface area contributed by atoms with Gasteiger partial charge in [0.1, 0.15) is 37.1 Å². The zero-order chi connectivity index (χ0) is 13.4. The number of aryl methyl sites for hydroxylation is 1. The molecule has 0 unspecified atom stereocenters. The van der Waals surface area contributed by atoms with E-state index in [-0.39, 0.29) is 11.2 Å². The van der Waals surface area contributed by atoms with Crippen molar-refractivity contribution in [1.29, 1.82) is 0 Å². The summed E-state index contributed by atoms with van der Waals surface area (Å²) in [4.78, 5) is 0. The Balaban J connectivity index is 2.71. The molecule has 2 aromatic rings. The van der Waals surface area contributed by atoms with E-state index in [1.165, 1.54) is 6.07 Å². The van der Waals surface area contributed by atoms with E-state index < -0.39 is 0 Å². The number of rotatable bonds is 1. The van der Waals surface area contributed by atoms with Crippen molar-refractivity contribution in [2.24, 2.45) is 0 Å². The van der Waals surface area contributed by atoms with Crippen molar-refractivity contribution in [1.82, 2.24) is 0 Å². The van der Waals surface area contributed by atoms with Crippen molar-refractivity contribution >= 4 is 53.2 Å². The standard InChI is InChI=1S/C13H8B4O/c1-6-2-3-7(11(15)10(6)14)8-4-5-9(18)13(17)12(8)16/h2-5,18H,1H3.